The summed E-state index contributed by atoms with van der Waals surface area (Å²) in [7, 11) is 0. The van der Waals surface area contributed by atoms with Gasteiger partial charge in [-0.05, 0) is 23.6 Å². The first-order chi connectivity index (χ1) is 7.51. The highest BCUT2D eigenvalue weighted by molar-refractivity contribution is 5.77. The van der Waals surface area contributed by atoms with Crippen LogP contribution < -0.4 is 0 Å². The number of Topliss-reactive ketones (excluding diaryl/α,β-unsaturated/α-hetero) is 1. The summed E-state index contributed by atoms with van der Waals surface area (Å²) in [5.41, 5.74) is 1.18. The molecule has 1 N–H and O–H groups in total. The van der Waals surface area contributed by atoms with Crippen molar-refractivity contribution >= 4 is 5.78 Å². The van der Waals surface area contributed by atoms with E-state index in [2.05, 4.69) is 13.8 Å². The molecule has 2 heteroatoms. The van der Waals surface area contributed by atoms with E-state index in [9.17, 15) is 4.79 Å². The Morgan fingerprint density at radius 1 is 1.25 bits per heavy atom. The average molecular weight is 222 g/mol. The summed E-state index contributed by atoms with van der Waals surface area (Å²) in [4.78, 5) is 10.2. The minimum absolute atomic E-state index is 0.343. The number of carbonyl (C=O) groups is 1. The van der Waals surface area contributed by atoms with E-state index in [0.717, 1.165) is 0 Å². The van der Waals surface area contributed by atoms with Crippen LogP contribution in [0.1, 0.15) is 52.0 Å². The quantitative estimate of drug-likeness (QED) is 0.842. The minimum atomic E-state index is 0.343. The van der Waals surface area contributed by atoms with E-state index in [1.807, 2.05) is 26.0 Å². The Balaban J connectivity index is 0.000000325. The number of phenolic OH excluding ortho intramolecular Hbond substituents is 1. The highest BCUT2D eigenvalue weighted by Crippen LogP contribution is 2.18. The van der Waals surface area contributed by atoms with Crippen molar-refractivity contribution in [3.8, 4) is 5.75 Å². The fourth-order valence-electron chi connectivity index (χ4n) is 1.13. The van der Waals surface area contributed by atoms with Crippen LogP contribution in [-0.2, 0) is 4.79 Å². The molecule has 0 aliphatic heterocycles. The van der Waals surface area contributed by atoms with Gasteiger partial charge >= 0.3 is 0 Å². The normalized spacial score (nSPS) is 9.56. The van der Waals surface area contributed by atoms with Gasteiger partial charge in [0.25, 0.3) is 0 Å². The lowest BCUT2D eigenvalue weighted by molar-refractivity contribution is -0.118. The van der Waals surface area contributed by atoms with Gasteiger partial charge in [0.05, 0.1) is 0 Å². The number of hydrogen-bond acceptors (Lipinski definition) is 2. The summed E-state index contributed by atoms with van der Waals surface area (Å²) >= 11 is 0. The van der Waals surface area contributed by atoms with E-state index < -0.39 is 0 Å². The molecule has 0 saturated carbocycles. The number of rotatable bonds is 3. The highest BCUT2D eigenvalue weighted by atomic mass is 16.3. The van der Waals surface area contributed by atoms with Crippen molar-refractivity contribution in [2.45, 2.75) is 46.5 Å². The van der Waals surface area contributed by atoms with Gasteiger partial charge in [-0.3, -0.25) is 4.79 Å². The Morgan fingerprint density at radius 3 is 2.06 bits per heavy atom. The van der Waals surface area contributed by atoms with Crippen LogP contribution in [0.15, 0.2) is 24.3 Å². The number of ketones is 1. The molecule has 0 radical (unpaired) electrons. The third kappa shape index (κ3) is 6.23. The standard InChI is InChI=1S/C9H12O.C5H10O/c1-7(2)8-4-3-5-9(10)6-8;1-3-5(6)4-2/h3-7,10H,1-2H3;3-4H2,1-2H3. The Kier molecular flexibility index (Phi) is 7.27. The van der Waals surface area contributed by atoms with Gasteiger partial charge in [-0.2, -0.15) is 0 Å². The van der Waals surface area contributed by atoms with Crippen LogP contribution in [0.5, 0.6) is 5.75 Å². The molecule has 1 aromatic carbocycles. The van der Waals surface area contributed by atoms with Crippen molar-refractivity contribution in [1.82, 2.24) is 0 Å². The molecule has 0 bridgehead atoms. The first kappa shape index (κ1) is 14.7. The summed E-state index contributed by atoms with van der Waals surface area (Å²) in [5, 5.41) is 9.06. The van der Waals surface area contributed by atoms with Crippen molar-refractivity contribution in [2.75, 3.05) is 0 Å². The lowest BCUT2D eigenvalue weighted by atomic mass is 10.0. The zero-order valence-corrected chi connectivity index (χ0v) is 10.7. The third-order valence-electron chi connectivity index (χ3n) is 2.33. The summed E-state index contributed by atoms with van der Waals surface area (Å²) in [6.45, 7) is 7.97. The molecule has 0 aliphatic rings. The fraction of sp³-hybridized carbons (Fsp3) is 0.500. The molecule has 1 aromatic rings. The Bertz CT molecular complexity index is 310. The molecule has 0 spiro atoms. The highest BCUT2D eigenvalue weighted by Gasteiger charge is 1.97. The van der Waals surface area contributed by atoms with Crippen molar-refractivity contribution in [3.05, 3.63) is 29.8 Å². The molecule has 16 heavy (non-hydrogen) atoms. The van der Waals surface area contributed by atoms with Crippen LogP contribution in [0.2, 0.25) is 0 Å². The van der Waals surface area contributed by atoms with Crippen LogP contribution in [0.3, 0.4) is 0 Å². The lowest BCUT2D eigenvalue weighted by Gasteiger charge is -2.03. The maximum Gasteiger partial charge on any atom is 0.132 e. The first-order valence-electron chi connectivity index (χ1n) is 5.81. The Labute approximate surface area is 98.3 Å². The van der Waals surface area contributed by atoms with Gasteiger partial charge in [0.1, 0.15) is 11.5 Å². The van der Waals surface area contributed by atoms with Crippen LogP contribution in [0.25, 0.3) is 0 Å². The van der Waals surface area contributed by atoms with Crippen molar-refractivity contribution in [2.24, 2.45) is 0 Å². The largest absolute Gasteiger partial charge is 0.508 e. The van der Waals surface area contributed by atoms with Crippen LogP contribution >= 0.6 is 0 Å². The maximum atomic E-state index is 10.2. The van der Waals surface area contributed by atoms with E-state index >= 15 is 0 Å². The van der Waals surface area contributed by atoms with Gasteiger partial charge in [-0.15, -0.1) is 0 Å². The molecular weight excluding hydrogens is 200 g/mol. The molecule has 90 valence electrons. The van der Waals surface area contributed by atoms with Crippen molar-refractivity contribution in [1.29, 1.82) is 0 Å². The Morgan fingerprint density at radius 2 is 1.81 bits per heavy atom. The van der Waals surface area contributed by atoms with Crippen LogP contribution in [0, 0.1) is 0 Å². The second-order valence-corrected chi connectivity index (χ2v) is 4.00. The number of carbonyl (C=O) groups excluding carboxylic acids is 1. The molecule has 0 amide bonds. The van der Waals surface area contributed by atoms with Gasteiger partial charge < -0.3 is 5.11 Å². The SMILES string of the molecule is CC(C)c1cccc(O)c1.CCC(=O)CC. The van der Waals surface area contributed by atoms with E-state index in [1.54, 1.807) is 12.1 Å². The van der Waals surface area contributed by atoms with Gasteiger partial charge in [-0.25, -0.2) is 0 Å². The Hall–Kier alpha value is -1.31. The van der Waals surface area contributed by atoms with E-state index in [1.165, 1.54) is 5.56 Å². The second kappa shape index (κ2) is 7.91. The molecule has 0 saturated heterocycles. The number of aromatic hydroxyl groups is 1. The zero-order valence-electron chi connectivity index (χ0n) is 10.7. The molecule has 0 atom stereocenters. The molecule has 0 aromatic heterocycles. The molecule has 0 heterocycles. The van der Waals surface area contributed by atoms with E-state index in [-0.39, 0.29) is 0 Å². The van der Waals surface area contributed by atoms with Crippen LogP contribution in [-0.4, -0.2) is 10.9 Å². The predicted molar refractivity (Wildman–Crippen MR) is 67.8 cm³/mol. The topological polar surface area (TPSA) is 37.3 Å². The smallest absolute Gasteiger partial charge is 0.132 e. The summed E-state index contributed by atoms with van der Waals surface area (Å²) in [5.74, 6) is 1.19. The predicted octanol–water partition coefficient (Wildman–Crippen LogP) is 3.89. The number of hydrogen-bond donors (Lipinski definition) is 1. The average Bonchev–Trinajstić information content (AvgIpc) is 2.28. The molecular formula is C14H22O2. The number of benzene rings is 1. The molecule has 0 aliphatic carbocycles. The zero-order chi connectivity index (χ0) is 12.6. The maximum absolute atomic E-state index is 10.2. The van der Waals surface area contributed by atoms with Crippen molar-refractivity contribution in [3.63, 3.8) is 0 Å². The molecule has 1 rings (SSSR count). The van der Waals surface area contributed by atoms with Crippen molar-refractivity contribution < 1.29 is 9.90 Å². The van der Waals surface area contributed by atoms with E-state index in [0.29, 0.717) is 30.3 Å². The first-order valence-corrected chi connectivity index (χ1v) is 5.81. The van der Waals surface area contributed by atoms with Crippen LogP contribution in [0.4, 0.5) is 0 Å². The number of phenols is 1. The van der Waals surface area contributed by atoms with Gasteiger partial charge in [0.2, 0.25) is 0 Å². The molecule has 0 unspecified atom stereocenters. The third-order valence-corrected chi connectivity index (χ3v) is 2.33. The summed E-state index contributed by atoms with van der Waals surface area (Å²) in [6, 6.07) is 7.37. The fourth-order valence-corrected chi connectivity index (χ4v) is 1.13. The van der Waals surface area contributed by atoms with Gasteiger partial charge in [0, 0.05) is 12.8 Å². The van der Waals surface area contributed by atoms with Gasteiger partial charge in [-0.1, -0.05) is 39.8 Å². The monoisotopic (exact) mass is 222 g/mol. The molecule has 2 nitrogen and oxygen atoms in total. The minimum Gasteiger partial charge on any atom is -0.508 e. The lowest BCUT2D eigenvalue weighted by Crippen LogP contribution is -1.88. The van der Waals surface area contributed by atoms with E-state index in [4.69, 9.17) is 5.11 Å². The summed E-state index contributed by atoms with van der Waals surface area (Å²) < 4.78 is 0. The second-order valence-electron chi connectivity index (χ2n) is 4.00. The summed E-state index contributed by atoms with van der Waals surface area (Å²) in [6.07, 6.45) is 1.38. The van der Waals surface area contributed by atoms with Gasteiger partial charge in [0.15, 0.2) is 0 Å². The molecule has 0 fully saturated rings.